The first kappa shape index (κ1) is 21.2. The lowest BCUT2D eigenvalue weighted by Gasteiger charge is -2.37. The first-order chi connectivity index (χ1) is 11.0. The monoisotopic (exact) mass is 359 g/mol. The fourth-order valence-corrected chi connectivity index (χ4v) is 4.44. The van der Waals surface area contributed by atoms with E-state index in [1.807, 2.05) is 0 Å². The quantitative estimate of drug-likeness (QED) is 0.651. The summed E-state index contributed by atoms with van der Waals surface area (Å²) < 4.78 is 0. The van der Waals surface area contributed by atoms with Crippen molar-refractivity contribution in [1.29, 1.82) is 0 Å². The average Bonchev–Trinajstić information content (AvgIpc) is 2.55. The van der Waals surface area contributed by atoms with Crippen molar-refractivity contribution in [3.63, 3.8) is 0 Å². The minimum atomic E-state index is -0.327. The third-order valence-corrected chi connectivity index (χ3v) is 5.87. The molecule has 24 heavy (non-hydrogen) atoms. The van der Waals surface area contributed by atoms with Gasteiger partial charge in [0.1, 0.15) is 0 Å². The van der Waals surface area contributed by atoms with Crippen LogP contribution < -0.4 is 16.8 Å². The second-order valence-corrected chi connectivity index (χ2v) is 7.68. The molecule has 2 amide bonds. The maximum absolute atomic E-state index is 12.6. The van der Waals surface area contributed by atoms with Gasteiger partial charge in [0.25, 0.3) is 0 Å². The second kappa shape index (κ2) is 10.2. The molecule has 0 radical (unpaired) electrons. The Bertz CT molecular complexity index is 405. The molecule has 0 aromatic carbocycles. The molecule has 0 saturated heterocycles. The van der Waals surface area contributed by atoms with Crippen LogP contribution in [0.2, 0.25) is 0 Å². The topological polar surface area (TPSA) is 98.2 Å². The Morgan fingerprint density at radius 1 is 1.04 bits per heavy atom. The van der Waals surface area contributed by atoms with E-state index >= 15 is 0 Å². The smallest absolute Gasteiger partial charge is 0.220 e. The Kier molecular flexibility index (Phi) is 9.06. The molecule has 2 saturated carbocycles. The molecule has 0 aromatic rings. The van der Waals surface area contributed by atoms with Crippen molar-refractivity contribution in [3.05, 3.63) is 0 Å². The number of hydrogen-bond acceptors (Lipinski definition) is 3. The van der Waals surface area contributed by atoms with Gasteiger partial charge in [0, 0.05) is 18.9 Å². The largest absolute Gasteiger partial charge is 0.370 e. The molecule has 2 fully saturated rings. The minimum Gasteiger partial charge on any atom is -0.370 e. The molecule has 1 atom stereocenters. The lowest BCUT2D eigenvalue weighted by Crippen LogP contribution is -2.46. The van der Waals surface area contributed by atoms with Crippen LogP contribution in [-0.2, 0) is 9.59 Å². The number of halogens is 1. The Morgan fingerprint density at radius 3 is 2.17 bits per heavy atom. The number of nitrogens with two attached hydrogens (primary N) is 2. The van der Waals surface area contributed by atoms with Crippen LogP contribution in [0, 0.1) is 11.3 Å². The van der Waals surface area contributed by atoms with Crippen LogP contribution in [0.3, 0.4) is 0 Å². The normalized spacial score (nSPS) is 22.2. The molecular formula is C18H34ClN3O2. The van der Waals surface area contributed by atoms with Crippen LogP contribution in [0.1, 0.15) is 77.0 Å². The van der Waals surface area contributed by atoms with Crippen LogP contribution in [0.4, 0.5) is 0 Å². The number of nitrogens with one attached hydrogen (secondary N) is 1. The van der Waals surface area contributed by atoms with Gasteiger partial charge < -0.3 is 16.8 Å². The number of carbonyl (C=O) groups excluding carboxylic acids is 2. The molecule has 0 bridgehead atoms. The van der Waals surface area contributed by atoms with E-state index in [0.29, 0.717) is 18.9 Å². The first-order valence-corrected chi connectivity index (χ1v) is 9.32. The van der Waals surface area contributed by atoms with Gasteiger partial charge in [-0.1, -0.05) is 38.5 Å². The molecule has 0 heterocycles. The number of primary amides is 1. The highest BCUT2D eigenvalue weighted by molar-refractivity contribution is 5.85. The zero-order valence-corrected chi connectivity index (χ0v) is 15.5. The summed E-state index contributed by atoms with van der Waals surface area (Å²) in [7, 11) is 0. The van der Waals surface area contributed by atoms with Crippen LogP contribution in [-0.4, -0.2) is 24.4 Å². The maximum atomic E-state index is 12.6. The van der Waals surface area contributed by atoms with E-state index in [2.05, 4.69) is 5.32 Å². The van der Waals surface area contributed by atoms with E-state index < -0.39 is 0 Å². The Balaban J connectivity index is 0.00000288. The fraction of sp³-hybridized carbons (Fsp3) is 0.889. The van der Waals surface area contributed by atoms with Gasteiger partial charge in [0.2, 0.25) is 11.8 Å². The lowest BCUT2D eigenvalue weighted by molar-refractivity contribution is -0.125. The van der Waals surface area contributed by atoms with Gasteiger partial charge in [0.05, 0.1) is 0 Å². The first-order valence-electron chi connectivity index (χ1n) is 9.32. The zero-order valence-electron chi connectivity index (χ0n) is 14.7. The summed E-state index contributed by atoms with van der Waals surface area (Å²) in [4.78, 5) is 24.0. The van der Waals surface area contributed by atoms with Crippen molar-refractivity contribution in [1.82, 2.24) is 5.32 Å². The Labute approximate surface area is 152 Å². The summed E-state index contributed by atoms with van der Waals surface area (Å²) in [6.07, 6.45) is 12.2. The Hall–Kier alpha value is -0.810. The molecule has 0 aromatic heterocycles. The number of amides is 2. The van der Waals surface area contributed by atoms with Crippen LogP contribution >= 0.6 is 12.4 Å². The summed E-state index contributed by atoms with van der Waals surface area (Å²) in [5, 5.41) is 3.13. The molecule has 2 aliphatic carbocycles. The van der Waals surface area contributed by atoms with Gasteiger partial charge >= 0.3 is 0 Å². The number of carbonyl (C=O) groups is 2. The van der Waals surface area contributed by atoms with Gasteiger partial charge in [-0.15, -0.1) is 12.4 Å². The third-order valence-electron chi connectivity index (χ3n) is 5.87. The van der Waals surface area contributed by atoms with E-state index in [0.717, 1.165) is 38.5 Å². The molecule has 5 N–H and O–H groups in total. The third kappa shape index (κ3) is 6.25. The molecule has 140 valence electrons. The van der Waals surface area contributed by atoms with Crippen molar-refractivity contribution in [2.24, 2.45) is 22.8 Å². The van der Waals surface area contributed by atoms with Crippen molar-refractivity contribution in [2.75, 3.05) is 6.54 Å². The van der Waals surface area contributed by atoms with E-state index in [1.165, 1.54) is 25.7 Å². The van der Waals surface area contributed by atoms with E-state index in [9.17, 15) is 9.59 Å². The number of hydrogen-bond donors (Lipinski definition) is 3. The highest BCUT2D eigenvalue weighted by atomic mass is 35.5. The van der Waals surface area contributed by atoms with Crippen molar-refractivity contribution < 1.29 is 9.59 Å². The summed E-state index contributed by atoms with van der Waals surface area (Å²) in [5.74, 6) is 0.113. The van der Waals surface area contributed by atoms with Gasteiger partial charge in [0.15, 0.2) is 0 Å². The molecule has 0 spiro atoms. The van der Waals surface area contributed by atoms with Gasteiger partial charge in [-0.2, -0.15) is 0 Å². The summed E-state index contributed by atoms with van der Waals surface area (Å²) in [6.45, 7) is 0.574. The molecular weight excluding hydrogens is 326 g/mol. The predicted octanol–water partition coefficient (Wildman–Crippen LogP) is 2.65. The van der Waals surface area contributed by atoms with Crippen molar-refractivity contribution in [2.45, 2.75) is 83.1 Å². The average molecular weight is 360 g/mol. The van der Waals surface area contributed by atoms with Crippen LogP contribution in [0.15, 0.2) is 0 Å². The predicted molar refractivity (Wildman–Crippen MR) is 98.8 cm³/mol. The van der Waals surface area contributed by atoms with Crippen molar-refractivity contribution in [3.8, 4) is 0 Å². The molecule has 6 heteroatoms. The van der Waals surface area contributed by atoms with E-state index in [4.69, 9.17) is 11.5 Å². The molecule has 5 nitrogen and oxygen atoms in total. The van der Waals surface area contributed by atoms with Crippen molar-refractivity contribution >= 4 is 24.2 Å². The minimum absolute atomic E-state index is 0. The standard InChI is InChI=1S/C18H33N3O2.ClH/c19-13-18(9-5-2-6-10-18)12-17(23)21-15(11-16(20)22)14-7-3-1-4-8-14;/h14-15H,1-13,19H2,(H2,20,22)(H,21,23);1H. The zero-order chi connectivity index (χ0) is 16.7. The highest BCUT2D eigenvalue weighted by Gasteiger charge is 2.34. The summed E-state index contributed by atoms with van der Waals surface area (Å²) in [5.41, 5.74) is 11.4. The summed E-state index contributed by atoms with van der Waals surface area (Å²) >= 11 is 0. The van der Waals surface area contributed by atoms with Gasteiger partial charge in [-0.25, -0.2) is 0 Å². The highest BCUT2D eigenvalue weighted by Crippen LogP contribution is 2.38. The molecule has 1 unspecified atom stereocenters. The lowest BCUT2D eigenvalue weighted by atomic mass is 9.71. The fourth-order valence-electron chi connectivity index (χ4n) is 4.44. The van der Waals surface area contributed by atoms with Gasteiger partial charge in [-0.3, -0.25) is 9.59 Å². The molecule has 0 aliphatic heterocycles. The number of rotatable bonds is 7. The summed E-state index contributed by atoms with van der Waals surface area (Å²) in [6, 6.07) is -0.0984. The van der Waals surface area contributed by atoms with E-state index in [-0.39, 0.29) is 42.1 Å². The van der Waals surface area contributed by atoms with Crippen LogP contribution in [0.5, 0.6) is 0 Å². The molecule has 2 rings (SSSR count). The maximum Gasteiger partial charge on any atom is 0.220 e. The Morgan fingerprint density at radius 2 is 1.62 bits per heavy atom. The SMILES string of the molecule is Cl.NCC1(CC(=O)NC(CC(N)=O)C2CCCCC2)CCCCC1. The van der Waals surface area contributed by atoms with Crippen LogP contribution in [0.25, 0.3) is 0 Å². The van der Waals surface area contributed by atoms with Gasteiger partial charge in [-0.05, 0) is 43.6 Å². The van der Waals surface area contributed by atoms with E-state index in [1.54, 1.807) is 0 Å². The second-order valence-electron chi connectivity index (χ2n) is 7.68. The molecule has 2 aliphatic rings.